The number of ether oxygens (including phenoxy) is 1. The highest BCUT2D eigenvalue weighted by atomic mass is 32.1. The number of hydrogen-bond donors (Lipinski definition) is 1. The number of aromatic nitrogens is 1. The molecule has 0 spiro atoms. The van der Waals surface area contributed by atoms with Crippen LogP contribution in [0.15, 0.2) is 12.3 Å². The first-order valence-electron chi connectivity index (χ1n) is 5.72. The summed E-state index contributed by atoms with van der Waals surface area (Å²) in [4.78, 5) is 0. The topological polar surface area (TPSA) is 14.2 Å². The number of aryl methyl sites for hydroxylation is 1. The largest absolute Gasteiger partial charge is 0.492 e. The Labute approximate surface area is 104 Å². The van der Waals surface area contributed by atoms with Crippen molar-refractivity contribution in [3.8, 4) is 5.75 Å². The van der Waals surface area contributed by atoms with Crippen LogP contribution in [0.25, 0.3) is 0 Å². The van der Waals surface area contributed by atoms with Crippen molar-refractivity contribution in [1.82, 2.24) is 4.57 Å². The van der Waals surface area contributed by atoms with Crippen LogP contribution in [-0.2, 0) is 12.5 Å². The molecule has 0 aliphatic carbocycles. The summed E-state index contributed by atoms with van der Waals surface area (Å²) in [5.41, 5.74) is 1.23. The first-order valence-corrected chi connectivity index (χ1v) is 6.17. The van der Waals surface area contributed by atoms with E-state index in [4.69, 9.17) is 17.4 Å². The normalized spacial score (nSPS) is 12.9. The molecule has 0 fully saturated rings. The van der Waals surface area contributed by atoms with Crippen LogP contribution in [-0.4, -0.2) is 15.9 Å². The Hall–Kier alpha value is -0.570. The standard InChI is InChI=1S/C13H23NOS/c1-7-15-10-8-11(14(6)9-10)12(2,3)13(4,5)16/h8-9,16H,7H2,1-6H3. The molecule has 0 saturated heterocycles. The smallest absolute Gasteiger partial charge is 0.137 e. The predicted octanol–water partition coefficient (Wildman–Crippen LogP) is 3.41. The van der Waals surface area contributed by atoms with E-state index >= 15 is 0 Å². The zero-order chi connectivity index (χ0) is 12.6. The van der Waals surface area contributed by atoms with Gasteiger partial charge in [-0.05, 0) is 6.92 Å². The van der Waals surface area contributed by atoms with Crippen molar-refractivity contribution in [2.45, 2.75) is 44.8 Å². The summed E-state index contributed by atoms with van der Waals surface area (Å²) < 4.78 is 7.58. The highest BCUT2D eigenvalue weighted by Gasteiger charge is 2.37. The van der Waals surface area contributed by atoms with Gasteiger partial charge in [-0.3, -0.25) is 0 Å². The Morgan fingerprint density at radius 2 is 1.88 bits per heavy atom. The molecule has 0 N–H and O–H groups in total. The number of thiol groups is 1. The van der Waals surface area contributed by atoms with Gasteiger partial charge in [0.1, 0.15) is 5.75 Å². The average Bonchev–Trinajstić information content (AvgIpc) is 2.46. The van der Waals surface area contributed by atoms with Crippen LogP contribution in [0.3, 0.4) is 0 Å². The fraction of sp³-hybridized carbons (Fsp3) is 0.692. The Morgan fingerprint density at radius 1 is 1.31 bits per heavy atom. The predicted molar refractivity (Wildman–Crippen MR) is 72.7 cm³/mol. The van der Waals surface area contributed by atoms with Gasteiger partial charge >= 0.3 is 0 Å². The third kappa shape index (κ3) is 2.40. The van der Waals surface area contributed by atoms with Crippen molar-refractivity contribution in [1.29, 1.82) is 0 Å². The monoisotopic (exact) mass is 241 g/mol. The van der Waals surface area contributed by atoms with Gasteiger partial charge < -0.3 is 9.30 Å². The van der Waals surface area contributed by atoms with Gasteiger partial charge in [0, 0.05) is 35.2 Å². The van der Waals surface area contributed by atoms with Crippen LogP contribution in [0.5, 0.6) is 5.75 Å². The maximum atomic E-state index is 5.53. The van der Waals surface area contributed by atoms with E-state index in [0.717, 1.165) is 5.75 Å². The lowest BCUT2D eigenvalue weighted by Crippen LogP contribution is -2.39. The van der Waals surface area contributed by atoms with Crippen molar-refractivity contribution in [2.75, 3.05) is 6.61 Å². The van der Waals surface area contributed by atoms with Gasteiger partial charge in [-0.2, -0.15) is 12.6 Å². The Morgan fingerprint density at radius 3 is 2.31 bits per heavy atom. The highest BCUT2D eigenvalue weighted by molar-refractivity contribution is 7.81. The van der Waals surface area contributed by atoms with E-state index < -0.39 is 0 Å². The lowest BCUT2D eigenvalue weighted by molar-refractivity contribution is 0.339. The van der Waals surface area contributed by atoms with Crippen molar-refractivity contribution >= 4 is 12.6 Å². The molecule has 1 heterocycles. The average molecular weight is 241 g/mol. The minimum absolute atomic E-state index is 0.0137. The maximum absolute atomic E-state index is 5.53. The van der Waals surface area contributed by atoms with Crippen molar-refractivity contribution in [3.63, 3.8) is 0 Å². The summed E-state index contributed by atoms with van der Waals surface area (Å²) >= 11 is 4.70. The molecular formula is C13H23NOS. The van der Waals surface area contributed by atoms with Crippen molar-refractivity contribution in [2.24, 2.45) is 7.05 Å². The quantitative estimate of drug-likeness (QED) is 0.798. The van der Waals surface area contributed by atoms with E-state index in [2.05, 4.69) is 45.4 Å². The minimum atomic E-state index is -0.0808. The molecule has 0 aliphatic rings. The molecule has 16 heavy (non-hydrogen) atoms. The van der Waals surface area contributed by atoms with Crippen LogP contribution >= 0.6 is 12.6 Å². The number of nitrogens with zero attached hydrogens (tertiary/aromatic N) is 1. The second kappa shape index (κ2) is 4.36. The molecule has 0 unspecified atom stereocenters. The molecule has 1 aromatic heterocycles. The van der Waals surface area contributed by atoms with E-state index in [0.29, 0.717) is 6.61 Å². The van der Waals surface area contributed by atoms with Crippen LogP contribution in [0, 0.1) is 0 Å². The van der Waals surface area contributed by atoms with Gasteiger partial charge in [-0.15, -0.1) is 0 Å². The Bertz CT molecular complexity index is 360. The third-order valence-corrected chi connectivity index (χ3v) is 4.02. The van der Waals surface area contributed by atoms with Crippen LogP contribution < -0.4 is 4.74 Å². The van der Waals surface area contributed by atoms with Gasteiger partial charge in [-0.25, -0.2) is 0 Å². The van der Waals surface area contributed by atoms with Crippen molar-refractivity contribution in [3.05, 3.63) is 18.0 Å². The highest BCUT2D eigenvalue weighted by Crippen LogP contribution is 2.40. The SMILES string of the molecule is CCOc1cc(C(C)(C)C(C)(C)S)n(C)c1. The van der Waals surface area contributed by atoms with Gasteiger partial charge in [0.25, 0.3) is 0 Å². The van der Waals surface area contributed by atoms with E-state index in [1.165, 1.54) is 5.69 Å². The molecule has 3 heteroatoms. The third-order valence-electron chi connectivity index (χ3n) is 3.46. The summed E-state index contributed by atoms with van der Waals surface area (Å²) in [5, 5.41) is 0. The molecule has 0 atom stereocenters. The summed E-state index contributed by atoms with van der Waals surface area (Å²) in [6.45, 7) is 11.4. The molecule has 0 amide bonds. The minimum Gasteiger partial charge on any atom is -0.492 e. The zero-order valence-corrected chi connectivity index (χ0v) is 12.1. The maximum Gasteiger partial charge on any atom is 0.137 e. The molecule has 92 valence electrons. The molecule has 0 radical (unpaired) electrons. The Kier molecular flexibility index (Phi) is 3.68. The lowest BCUT2D eigenvalue weighted by atomic mass is 9.77. The second-order valence-corrected chi connectivity index (χ2v) is 6.41. The molecule has 0 aromatic carbocycles. The fourth-order valence-electron chi connectivity index (χ4n) is 1.71. The molecular weight excluding hydrogens is 218 g/mol. The Balaban J connectivity index is 3.13. The van der Waals surface area contributed by atoms with Crippen LogP contribution in [0.4, 0.5) is 0 Å². The number of hydrogen-bond acceptors (Lipinski definition) is 2. The lowest BCUT2D eigenvalue weighted by Gasteiger charge is -2.38. The van der Waals surface area contributed by atoms with Gasteiger partial charge in [-0.1, -0.05) is 27.7 Å². The molecule has 2 nitrogen and oxygen atoms in total. The van der Waals surface area contributed by atoms with Crippen LogP contribution in [0.2, 0.25) is 0 Å². The first-order chi connectivity index (χ1) is 7.20. The first kappa shape index (κ1) is 13.5. The summed E-state index contributed by atoms with van der Waals surface area (Å²) in [6.07, 6.45) is 2.03. The van der Waals surface area contributed by atoms with Crippen molar-refractivity contribution < 1.29 is 4.74 Å². The summed E-state index contributed by atoms with van der Waals surface area (Å²) in [7, 11) is 2.05. The fourth-order valence-corrected chi connectivity index (χ4v) is 1.83. The molecule has 1 rings (SSSR count). The van der Waals surface area contributed by atoms with Gasteiger partial charge in [0.15, 0.2) is 0 Å². The van der Waals surface area contributed by atoms with Gasteiger partial charge in [0.05, 0.1) is 6.61 Å². The summed E-state index contributed by atoms with van der Waals surface area (Å²) in [6, 6.07) is 2.11. The van der Waals surface area contributed by atoms with E-state index in [9.17, 15) is 0 Å². The van der Waals surface area contributed by atoms with Gasteiger partial charge in [0.2, 0.25) is 0 Å². The molecule has 0 saturated carbocycles. The van der Waals surface area contributed by atoms with Crippen LogP contribution in [0.1, 0.15) is 40.3 Å². The molecule has 0 bridgehead atoms. The second-order valence-electron chi connectivity index (χ2n) is 5.29. The zero-order valence-electron chi connectivity index (χ0n) is 11.2. The van der Waals surface area contributed by atoms with E-state index in [1.54, 1.807) is 0 Å². The van der Waals surface area contributed by atoms with E-state index in [-0.39, 0.29) is 10.2 Å². The molecule has 0 aliphatic heterocycles. The molecule has 1 aromatic rings. The number of rotatable bonds is 4. The summed E-state index contributed by atoms with van der Waals surface area (Å²) in [5.74, 6) is 0.936. The van der Waals surface area contributed by atoms with E-state index in [1.807, 2.05) is 13.1 Å².